The standard InChI is InChI=1S/C15H12N4OS3/c1-9-12(23-14(17-9)10-2-4-21-8-10)13(20)16-6-11-7-19-3-5-22-15(19)18-11/h2-5,7-8H,6H2,1H3,(H,16,20). The van der Waals surface area contributed by atoms with Gasteiger partial charge in [0.2, 0.25) is 0 Å². The van der Waals surface area contributed by atoms with Crippen LogP contribution in [0.4, 0.5) is 0 Å². The van der Waals surface area contributed by atoms with Gasteiger partial charge in [-0.15, -0.1) is 22.7 Å². The molecule has 0 bridgehead atoms. The van der Waals surface area contributed by atoms with Crippen LogP contribution >= 0.6 is 34.0 Å². The van der Waals surface area contributed by atoms with Crippen LogP contribution in [0.1, 0.15) is 21.1 Å². The number of imidazole rings is 1. The largest absolute Gasteiger partial charge is 0.346 e. The first-order valence-electron chi connectivity index (χ1n) is 6.90. The van der Waals surface area contributed by atoms with Gasteiger partial charge in [-0.25, -0.2) is 9.97 Å². The third-order valence-corrected chi connectivity index (χ3v) is 6.00. The van der Waals surface area contributed by atoms with E-state index in [1.165, 1.54) is 11.3 Å². The summed E-state index contributed by atoms with van der Waals surface area (Å²) < 4.78 is 1.96. The summed E-state index contributed by atoms with van der Waals surface area (Å²) in [5.41, 5.74) is 2.68. The van der Waals surface area contributed by atoms with E-state index < -0.39 is 0 Å². The first-order valence-corrected chi connectivity index (χ1v) is 9.54. The molecule has 0 aromatic carbocycles. The molecule has 0 atom stereocenters. The van der Waals surface area contributed by atoms with Crippen LogP contribution in [-0.2, 0) is 6.54 Å². The van der Waals surface area contributed by atoms with Crippen molar-refractivity contribution in [3.8, 4) is 10.6 Å². The fourth-order valence-corrected chi connectivity index (χ4v) is 4.64. The molecule has 1 N–H and O–H groups in total. The first kappa shape index (κ1) is 14.6. The number of aromatic nitrogens is 3. The van der Waals surface area contributed by atoms with E-state index in [0.29, 0.717) is 11.4 Å². The SMILES string of the molecule is Cc1nc(-c2ccsc2)sc1C(=O)NCc1cn2ccsc2n1. The molecule has 1 amide bonds. The van der Waals surface area contributed by atoms with E-state index >= 15 is 0 Å². The minimum Gasteiger partial charge on any atom is -0.346 e. The maximum atomic E-state index is 12.4. The summed E-state index contributed by atoms with van der Waals surface area (Å²) in [4.78, 5) is 23.0. The lowest BCUT2D eigenvalue weighted by molar-refractivity contribution is 0.0953. The number of carbonyl (C=O) groups excluding carboxylic acids is 1. The molecule has 116 valence electrons. The van der Waals surface area contributed by atoms with Crippen LogP contribution in [0, 0.1) is 6.92 Å². The van der Waals surface area contributed by atoms with Gasteiger partial charge >= 0.3 is 0 Å². The van der Waals surface area contributed by atoms with Crippen molar-refractivity contribution in [3.63, 3.8) is 0 Å². The van der Waals surface area contributed by atoms with Gasteiger partial charge in [-0.3, -0.25) is 9.20 Å². The second kappa shape index (κ2) is 5.88. The molecule has 0 aliphatic carbocycles. The molecule has 4 aromatic rings. The van der Waals surface area contributed by atoms with Crippen LogP contribution in [0.15, 0.2) is 34.6 Å². The van der Waals surface area contributed by atoms with E-state index in [1.807, 2.05) is 45.9 Å². The lowest BCUT2D eigenvalue weighted by Crippen LogP contribution is -2.22. The summed E-state index contributed by atoms with van der Waals surface area (Å²) in [6, 6.07) is 2.02. The Labute approximate surface area is 144 Å². The summed E-state index contributed by atoms with van der Waals surface area (Å²) in [6.45, 7) is 2.28. The zero-order valence-electron chi connectivity index (χ0n) is 12.1. The average Bonchev–Trinajstić information content (AvgIpc) is 3.27. The Hall–Kier alpha value is -2.03. The van der Waals surface area contributed by atoms with Crippen molar-refractivity contribution < 1.29 is 4.79 Å². The van der Waals surface area contributed by atoms with Crippen molar-refractivity contribution in [2.24, 2.45) is 0 Å². The Balaban J connectivity index is 1.49. The highest BCUT2D eigenvalue weighted by atomic mass is 32.1. The number of amides is 1. The number of thiazole rings is 2. The summed E-state index contributed by atoms with van der Waals surface area (Å²) in [5.74, 6) is -0.0992. The summed E-state index contributed by atoms with van der Waals surface area (Å²) >= 11 is 4.63. The molecule has 0 radical (unpaired) electrons. The quantitative estimate of drug-likeness (QED) is 0.602. The molecule has 0 aliphatic rings. The van der Waals surface area contributed by atoms with Gasteiger partial charge in [0.15, 0.2) is 4.96 Å². The minimum atomic E-state index is -0.0992. The molecular formula is C15H12N4OS3. The molecule has 8 heteroatoms. The minimum absolute atomic E-state index is 0.0992. The number of carbonyl (C=O) groups is 1. The second-order valence-electron chi connectivity index (χ2n) is 4.95. The monoisotopic (exact) mass is 360 g/mol. The smallest absolute Gasteiger partial charge is 0.263 e. The lowest BCUT2D eigenvalue weighted by atomic mass is 10.3. The highest BCUT2D eigenvalue weighted by Gasteiger charge is 2.16. The number of nitrogens with one attached hydrogen (secondary N) is 1. The van der Waals surface area contributed by atoms with Crippen molar-refractivity contribution in [3.05, 3.63) is 50.9 Å². The summed E-state index contributed by atoms with van der Waals surface area (Å²) in [7, 11) is 0. The first-order chi connectivity index (χ1) is 11.2. The molecule has 0 saturated heterocycles. The molecular weight excluding hydrogens is 348 g/mol. The molecule has 4 rings (SSSR count). The topological polar surface area (TPSA) is 59.3 Å². The zero-order valence-corrected chi connectivity index (χ0v) is 14.6. The molecule has 23 heavy (non-hydrogen) atoms. The molecule has 4 heterocycles. The molecule has 0 aliphatic heterocycles. The summed E-state index contributed by atoms with van der Waals surface area (Å²) in [5, 5.41) is 9.85. The van der Waals surface area contributed by atoms with Crippen LogP contribution in [0.3, 0.4) is 0 Å². The van der Waals surface area contributed by atoms with Crippen molar-refractivity contribution >= 4 is 44.9 Å². The number of hydrogen-bond acceptors (Lipinski definition) is 6. The molecule has 4 aromatic heterocycles. The van der Waals surface area contributed by atoms with Crippen molar-refractivity contribution in [1.29, 1.82) is 0 Å². The van der Waals surface area contributed by atoms with E-state index in [9.17, 15) is 4.79 Å². The lowest BCUT2D eigenvalue weighted by Gasteiger charge is -2.01. The van der Waals surface area contributed by atoms with E-state index in [4.69, 9.17) is 0 Å². The molecule has 0 spiro atoms. The van der Waals surface area contributed by atoms with Crippen molar-refractivity contribution in [2.75, 3.05) is 0 Å². The van der Waals surface area contributed by atoms with Crippen LogP contribution in [0.5, 0.6) is 0 Å². The van der Waals surface area contributed by atoms with Crippen LogP contribution in [0.25, 0.3) is 15.5 Å². The van der Waals surface area contributed by atoms with Gasteiger partial charge in [0, 0.05) is 28.7 Å². The van der Waals surface area contributed by atoms with Crippen molar-refractivity contribution in [2.45, 2.75) is 13.5 Å². The number of aryl methyl sites for hydroxylation is 1. The fraction of sp³-hybridized carbons (Fsp3) is 0.133. The summed E-state index contributed by atoms with van der Waals surface area (Å²) in [6.07, 6.45) is 3.89. The van der Waals surface area contributed by atoms with Crippen LogP contribution in [-0.4, -0.2) is 20.3 Å². The van der Waals surface area contributed by atoms with Gasteiger partial charge < -0.3 is 5.32 Å². The third kappa shape index (κ3) is 2.80. The normalized spacial score (nSPS) is 11.2. The Morgan fingerprint density at radius 1 is 1.35 bits per heavy atom. The van der Waals surface area contributed by atoms with Crippen LogP contribution in [0.2, 0.25) is 0 Å². The fourth-order valence-electron chi connectivity index (χ4n) is 2.23. The Morgan fingerprint density at radius 2 is 2.26 bits per heavy atom. The van der Waals surface area contributed by atoms with E-state index in [1.54, 1.807) is 22.7 Å². The number of thiophene rings is 1. The van der Waals surface area contributed by atoms with Gasteiger partial charge in [-0.1, -0.05) is 0 Å². The zero-order chi connectivity index (χ0) is 15.8. The van der Waals surface area contributed by atoms with Crippen molar-refractivity contribution in [1.82, 2.24) is 19.7 Å². The number of fused-ring (bicyclic) bond motifs is 1. The van der Waals surface area contributed by atoms with Gasteiger partial charge in [0.25, 0.3) is 5.91 Å². The Morgan fingerprint density at radius 3 is 3.04 bits per heavy atom. The van der Waals surface area contributed by atoms with E-state index in [0.717, 1.165) is 26.9 Å². The van der Waals surface area contributed by atoms with Gasteiger partial charge in [-0.05, 0) is 18.4 Å². The second-order valence-corrected chi connectivity index (χ2v) is 7.61. The number of nitrogens with zero attached hydrogens (tertiary/aromatic N) is 3. The predicted molar refractivity (Wildman–Crippen MR) is 94.4 cm³/mol. The van der Waals surface area contributed by atoms with Gasteiger partial charge in [0.1, 0.15) is 9.88 Å². The average molecular weight is 360 g/mol. The Kier molecular flexibility index (Phi) is 3.72. The predicted octanol–water partition coefficient (Wildman–Crippen LogP) is 3.82. The third-order valence-electron chi connectivity index (χ3n) is 3.34. The van der Waals surface area contributed by atoms with Gasteiger partial charge in [-0.2, -0.15) is 11.3 Å². The molecule has 5 nitrogen and oxygen atoms in total. The maximum absolute atomic E-state index is 12.4. The van der Waals surface area contributed by atoms with E-state index in [2.05, 4.69) is 15.3 Å². The number of rotatable bonds is 4. The highest BCUT2D eigenvalue weighted by molar-refractivity contribution is 7.17. The molecule has 0 fully saturated rings. The molecule has 0 unspecified atom stereocenters. The number of hydrogen-bond donors (Lipinski definition) is 1. The van der Waals surface area contributed by atoms with Crippen LogP contribution < -0.4 is 5.32 Å². The molecule has 0 saturated carbocycles. The Bertz CT molecular complexity index is 936. The van der Waals surface area contributed by atoms with Gasteiger partial charge in [0.05, 0.1) is 17.9 Å². The highest BCUT2D eigenvalue weighted by Crippen LogP contribution is 2.29. The van der Waals surface area contributed by atoms with E-state index in [-0.39, 0.29) is 5.91 Å². The maximum Gasteiger partial charge on any atom is 0.263 e.